The lowest BCUT2D eigenvalue weighted by Gasteiger charge is -2.33. The van der Waals surface area contributed by atoms with E-state index in [1.807, 2.05) is 0 Å². The Hall–Kier alpha value is -1.96. The molecule has 3 amide bonds. The number of ether oxygens (including phenoxy) is 1. The molecule has 0 bridgehead atoms. The molecule has 2 heterocycles. The monoisotopic (exact) mass is 270 g/mol. The van der Waals surface area contributed by atoms with Gasteiger partial charge in [0.25, 0.3) is 5.91 Å². The van der Waals surface area contributed by atoms with E-state index in [0.717, 1.165) is 4.90 Å². The van der Waals surface area contributed by atoms with Gasteiger partial charge in [0.2, 0.25) is 11.8 Å². The van der Waals surface area contributed by atoms with E-state index in [1.165, 1.54) is 6.92 Å². The van der Waals surface area contributed by atoms with Crippen molar-refractivity contribution in [2.45, 2.75) is 38.0 Å². The van der Waals surface area contributed by atoms with Gasteiger partial charge in [-0.15, -0.1) is 0 Å². The highest BCUT2D eigenvalue weighted by Crippen LogP contribution is 2.22. The smallest absolute Gasteiger partial charge is 0.332 e. The van der Waals surface area contributed by atoms with Crippen LogP contribution in [-0.2, 0) is 23.9 Å². The maximum atomic E-state index is 12.1. The summed E-state index contributed by atoms with van der Waals surface area (Å²) in [4.78, 5) is 46.7. The van der Waals surface area contributed by atoms with Crippen molar-refractivity contribution in [1.29, 1.82) is 0 Å². The molecule has 3 unspecified atom stereocenters. The molecule has 0 aromatic carbocycles. The second-order valence-corrected chi connectivity index (χ2v) is 4.58. The summed E-state index contributed by atoms with van der Waals surface area (Å²) >= 11 is 0. The van der Waals surface area contributed by atoms with Gasteiger partial charge in [0.1, 0.15) is 18.7 Å². The molecule has 104 valence electrons. The summed E-state index contributed by atoms with van der Waals surface area (Å²) in [5.74, 6) is -2.73. The summed E-state index contributed by atoms with van der Waals surface area (Å²) in [6, 6.07) is -0.766. The number of imide groups is 1. The number of nitrogens with zero attached hydrogens (tertiary/aromatic N) is 1. The number of nitrogens with one attached hydrogen (secondary N) is 1. The average molecular weight is 270 g/mol. The van der Waals surface area contributed by atoms with E-state index in [9.17, 15) is 19.2 Å². The van der Waals surface area contributed by atoms with Crippen LogP contribution in [-0.4, -0.2) is 58.5 Å². The van der Waals surface area contributed by atoms with Crippen LogP contribution in [0, 0.1) is 0 Å². The number of carbonyl (C=O) groups is 4. The first kappa shape index (κ1) is 13.5. The van der Waals surface area contributed by atoms with E-state index in [2.05, 4.69) is 5.32 Å². The molecule has 0 aromatic rings. The summed E-state index contributed by atoms with van der Waals surface area (Å²) in [6.45, 7) is 1.28. The minimum absolute atomic E-state index is 0.219. The predicted octanol–water partition coefficient (Wildman–Crippen LogP) is -1.51. The number of aliphatic carboxylic acids is 1. The second-order valence-electron chi connectivity index (χ2n) is 4.58. The number of carbonyl (C=O) groups excluding carboxylic acids is 3. The maximum Gasteiger partial charge on any atom is 0.332 e. The van der Waals surface area contributed by atoms with E-state index in [4.69, 9.17) is 9.84 Å². The van der Waals surface area contributed by atoms with Crippen molar-refractivity contribution in [3.63, 3.8) is 0 Å². The normalized spacial score (nSPS) is 31.2. The zero-order valence-electron chi connectivity index (χ0n) is 10.3. The van der Waals surface area contributed by atoms with Crippen LogP contribution >= 0.6 is 0 Å². The fraction of sp³-hybridized carbons (Fsp3) is 0.636. The van der Waals surface area contributed by atoms with Crippen molar-refractivity contribution in [2.24, 2.45) is 0 Å². The van der Waals surface area contributed by atoms with Crippen molar-refractivity contribution >= 4 is 23.7 Å². The first-order valence-corrected chi connectivity index (χ1v) is 5.92. The summed E-state index contributed by atoms with van der Waals surface area (Å²) in [7, 11) is 0. The Labute approximate surface area is 108 Å². The molecule has 2 rings (SSSR count). The van der Waals surface area contributed by atoms with Gasteiger partial charge >= 0.3 is 5.97 Å². The molecule has 8 heteroatoms. The first-order chi connectivity index (χ1) is 8.90. The van der Waals surface area contributed by atoms with Crippen LogP contribution in [0.3, 0.4) is 0 Å². The van der Waals surface area contributed by atoms with E-state index >= 15 is 0 Å². The SMILES string of the molecule is CC1C(=O)NC(=O)CN1C(=O)C1CCC(C(=O)O)O1. The molecule has 0 saturated carbocycles. The van der Waals surface area contributed by atoms with Gasteiger partial charge in [-0.2, -0.15) is 0 Å². The van der Waals surface area contributed by atoms with E-state index in [-0.39, 0.29) is 19.4 Å². The third-order valence-electron chi connectivity index (χ3n) is 3.28. The Kier molecular flexibility index (Phi) is 3.52. The maximum absolute atomic E-state index is 12.1. The lowest BCUT2D eigenvalue weighted by molar-refractivity contribution is -0.160. The molecule has 2 N–H and O–H groups in total. The lowest BCUT2D eigenvalue weighted by Crippen LogP contribution is -2.60. The Bertz CT molecular complexity index is 448. The third-order valence-corrected chi connectivity index (χ3v) is 3.28. The van der Waals surface area contributed by atoms with Crippen molar-refractivity contribution < 1.29 is 29.0 Å². The molecule has 19 heavy (non-hydrogen) atoms. The van der Waals surface area contributed by atoms with Crippen LogP contribution in [0.1, 0.15) is 19.8 Å². The number of carboxylic acids is 1. The zero-order valence-corrected chi connectivity index (χ0v) is 10.3. The minimum Gasteiger partial charge on any atom is -0.479 e. The minimum atomic E-state index is -1.11. The summed E-state index contributed by atoms with van der Waals surface area (Å²) in [5, 5.41) is 10.9. The largest absolute Gasteiger partial charge is 0.479 e. The van der Waals surface area contributed by atoms with Crippen LogP contribution < -0.4 is 5.32 Å². The average Bonchev–Trinajstić information content (AvgIpc) is 2.82. The summed E-state index contributed by atoms with van der Waals surface area (Å²) < 4.78 is 5.12. The quantitative estimate of drug-likeness (QED) is 0.590. The Balaban J connectivity index is 2.05. The summed E-state index contributed by atoms with van der Waals surface area (Å²) in [5.41, 5.74) is 0. The number of piperazine rings is 1. The molecule has 2 fully saturated rings. The van der Waals surface area contributed by atoms with Crippen molar-refractivity contribution in [2.75, 3.05) is 6.54 Å². The van der Waals surface area contributed by atoms with Crippen LogP contribution in [0.2, 0.25) is 0 Å². The Morgan fingerprint density at radius 1 is 1.32 bits per heavy atom. The van der Waals surface area contributed by atoms with Gasteiger partial charge in [-0.25, -0.2) is 4.79 Å². The molecule has 2 aliphatic rings. The second kappa shape index (κ2) is 4.96. The predicted molar refractivity (Wildman–Crippen MR) is 59.9 cm³/mol. The van der Waals surface area contributed by atoms with Gasteiger partial charge in [-0.1, -0.05) is 0 Å². The molecule has 2 aliphatic heterocycles. The van der Waals surface area contributed by atoms with Crippen LogP contribution in [0.4, 0.5) is 0 Å². The Morgan fingerprint density at radius 2 is 1.95 bits per heavy atom. The van der Waals surface area contributed by atoms with Gasteiger partial charge in [0, 0.05) is 0 Å². The van der Waals surface area contributed by atoms with Gasteiger partial charge in [0.15, 0.2) is 6.10 Å². The number of amides is 3. The van der Waals surface area contributed by atoms with Gasteiger partial charge in [-0.05, 0) is 19.8 Å². The van der Waals surface area contributed by atoms with Crippen molar-refractivity contribution in [3.8, 4) is 0 Å². The molecule has 0 aliphatic carbocycles. The van der Waals surface area contributed by atoms with Gasteiger partial charge < -0.3 is 14.7 Å². The van der Waals surface area contributed by atoms with E-state index in [1.54, 1.807) is 0 Å². The third kappa shape index (κ3) is 2.58. The fourth-order valence-corrected chi connectivity index (χ4v) is 2.17. The molecule has 0 aromatic heterocycles. The first-order valence-electron chi connectivity index (χ1n) is 5.92. The molecule has 2 saturated heterocycles. The molecule has 0 radical (unpaired) electrons. The van der Waals surface area contributed by atoms with Gasteiger partial charge in [0.05, 0.1) is 0 Å². The van der Waals surface area contributed by atoms with Crippen molar-refractivity contribution in [1.82, 2.24) is 10.2 Å². The lowest BCUT2D eigenvalue weighted by atomic mass is 10.1. The van der Waals surface area contributed by atoms with Crippen LogP contribution in [0.5, 0.6) is 0 Å². The Morgan fingerprint density at radius 3 is 2.53 bits per heavy atom. The fourth-order valence-electron chi connectivity index (χ4n) is 2.17. The van der Waals surface area contributed by atoms with Crippen molar-refractivity contribution in [3.05, 3.63) is 0 Å². The standard InChI is InChI=1S/C11H14N2O6/c1-5-9(15)12-8(14)4-13(5)10(16)6-2-3-7(19-6)11(17)18/h5-7H,2-4H2,1H3,(H,17,18)(H,12,14,15). The van der Waals surface area contributed by atoms with Crippen LogP contribution in [0.25, 0.3) is 0 Å². The zero-order chi connectivity index (χ0) is 14.2. The van der Waals surface area contributed by atoms with Gasteiger partial charge in [-0.3, -0.25) is 19.7 Å². The molecule has 8 nitrogen and oxygen atoms in total. The van der Waals surface area contributed by atoms with E-state index in [0.29, 0.717) is 0 Å². The number of rotatable bonds is 2. The number of hydrogen-bond acceptors (Lipinski definition) is 5. The molecular weight excluding hydrogens is 256 g/mol. The molecular formula is C11H14N2O6. The number of hydrogen-bond donors (Lipinski definition) is 2. The topological polar surface area (TPSA) is 113 Å². The number of carboxylic acid groups (broad SMARTS) is 1. The highest BCUT2D eigenvalue weighted by molar-refractivity contribution is 6.04. The highest BCUT2D eigenvalue weighted by Gasteiger charge is 2.41. The van der Waals surface area contributed by atoms with E-state index < -0.39 is 41.9 Å². The summed E-state index contributed by atoms with van der Waals surface area (Å²) in [6.07, 6.45) is -1.39. The van der Waals surface area contributed by atoms with Crippen LogP contribution in [0.15, 0.2) is 0 Å². The molecule has 3 atom stereocenters. The highest BCUT2D eigenvalue weighted by atomic mass is 16.5. The molecule has 0 spiro atoms.